The van der Waals surface area contributed by atoms with Crippen LogP contribution in [0.2, 0.25) is 0 Å². The fraction of sp³-hybridized carbons (Fsp3) is 0.350. The van der Waals surface area contributed by atoms with E-state index in [-0.39, 0.29) is 5.97 Å². The number of rotatable bonds is 3. The SMILES string of the molecule is CC.Cc1ccc(/C=C/C(=O)OC2=CC(C)C=CCC2)cc1. The number of esters is 1. The fourth-order valence-electron chi connectivity index (χ4n) is 2.06. The second-order valence-electron chi connectivity index (χ2n) is 5.12. The predicted molar refractivity (Wildman–Crippen MR) is 93.3 cm³/mol. The topological polar surface area (TPSA) is 26.3 Å². The monoisotopic (exact) mass is 298 g/mol. The van der Waals surface area contributed by atoms with Gasteiger partial charge in [0.05, 0.1) is 0 Å². The van der Waals surface area contributed by atoms with E-state index in [4.69, 9.17) is 4.74 Å². The summed E-state index contributed by atoms with van der Waals surface area (Å²) in [6.07, 6.45) is 11.2. The van der Waals surface area contributed by atoms with Crippen molar-refractivity contribution < 1.29 is 9.53 Å². The van der Waals surface area contributed by atoms with Crippen LogP contribution in [-0.4, -0.2) is 5.97 Å². The van der Waals surface area contributed by atoms with Crippen molar-refractivity contribution in [2.24, 2.45) is 5.92 Å². The summed E-state index contributed by atoms with van der Waals surface area (Å²) in [6, 6.07) is 8.00. The summed E-state index contributed by atoms with van der Waals surface area (Å²) in [5, 5.41) is 0. The van der Waals surface area contributed by atoms with Crippen molar-refractivity contribution in [1.82, 2.24) is 0 Å². The summed E-state index contributed by atoms with van der Waals surface area (Å²) in [7, 11) is 0. The standard InChI is InChI=1S/C18H20O2.C2H6/c1-14-7-9-16(10-8-14)11-12-18(19)20-17-6-4-3-5-15(2)13-17;1-2/h3,5,7-13,15H,4,6H2,1-2H3;1-2H3/b12-11+;. The van der Waals surface area contributed by atoms with Crippen LogP contribution in [0.3, 0.4) is 0 Å². The molecule has 1 aliphatic rings. The van der Waals surface area contributed by atoms with E-state index in [1.165, 1.54) is 11.6 Å². The van der Waals surface area contributed by atoms with Crippen molar-refractivity contribution >= 4 is 12.0 Å². The van der Waals surface area contributed by atoms with Gasteiger partial charge in [0.15, 0.2) is 0 Å². The summed E-state index contributed by atoms with van der Waals surface area (Å²) in [5.74, 6) is 0.772. The fourth-order valence-corrected chi connectivity index (χ4v) is 2.06. The molecule has 0 saturated carbocycles. The molecule has 0 N–H and O–H groups in total. The third-order valence-corrected chi connectivity index (χ3v) is 3.17. The molecule has 0 spiro atoms. The smallest absolute Gasteiger partial charge is 0.335 e. The quantitative estimate of drug-likeness (QED) is 0.421. The molecule has 22 heavy (non-hydrogen) atoms. The molecule has 0 aromatic heterocycles. The molecule has 1 unspecified atom stereocenters. The Morgan fingerprint density at radius 1 is 1.23 bits per heavy atom. The molecule has 1 aromatic carbocycles. The molecular formula is C20H26O2. The molecule has 0 saturated heterocycles. The summed E-state index contributed by atoms with van der Waals surface area (Å²) < 4.78 is 5.38. The van der Waals surface area contributed by atoms with E-state index in [9.17, 15) is 4.79 Å². The van der Waals surface area contributed by atoms with Crippen LogP contribution in [0.25, 0.3) is 6.08 Å². The predicted octanol–water partition coefficient (Wildman–Crippen LogP) is 5.45. The van der Waals surface area contributed by atoms with Crippen molar-refractivity contribution in [2.75, 3.05) is 0 Å². The second kappa shape index (κ2) is 9.78. The maximum Gasteiger partial charge on any atom is 0.335 e. The minimum atomic E-state index is -0.314. The maximum absolute atomic E-state index is 11.8. The number of benzene rings is 1. The Balaban J connectivity index is 0.00000116. The Morgan fingerprint density at radius 3 is 2.59 bits per heavy atom. The van der Waals surface area contributed by atoms with Gasteiger partial charge in [-0.1, -0.05) is 62.8 Å². The first-order chi connectivity index (χ1) is 10.6. The van der Waals surface area contributed by atoms with Crippen LogP contribution in [0.15, 0.2) is 54.3 Å². The van der Waals surface area contributed by atoms with E-state index in [2.05, 4.69) is 19.1 Å². The van der Waals surface area contributed by atoms with E-state index in [1.54, 1.807) is 6.08 Å². The average molecular weight is 298 g/mol. The highest BCUT2D eigenvalue weighted by molar-refractivity contribution is 5.87. The third-order valence-electron chi connectivity index (χ3n) is 3.17. The van der Waals surface area contributed by atoms with Gasteiger partial charge >= 0.3 is 5.97 Å². The Kier molecular flexibility index (Phi) is 7.98. The summed E-state index contributed by atoms with van der Waals surface area (Å²) in [5.41, 5.74) is 2.20. The zero-order valence-electron chi connectivity index (χ0n) is 14.0. The summed E-state index contributed by atoms with van der Waals surface area (Å²) in [4.78, 5) is 11.8. The lowest BCUT2D eigenvalue weighted by atomic mass is 10.1. The van der Waals surface area contributed by atoms with Crippen LogP contribution in [0.4, 0.5) is 0 Å². The van der Waals surface area contributed by atoms with Crippen molar-refractivity contribution in [1.29, 1.82) is 0 Å². The van der Waals surface area contributed by atoms with Gasteiger partial charge in [-0.15, -0.1) is 0 Å². The van der Waals surface area contributed by atoms with Crippen LogP contribution in [0, 0.1) is 12.8 Å². The zero-order chi connectivity index (χ0) is 16.4. The molecule has 2 rings (SSSR count). The van der Waals surface area contributed by atoms with E-state index in [0.29, 0.717) is 5.92 Å². The highest BCUT2D eigenvalue weighted by atomic mass is 16.5. The highest BCUT2D eigenvalue weighted by Crippen LogP contribution is 2.17. The Morgan fingerprint density at radius 2 is 1.91 bits per heavy atom. The lowest BCUT2D eigenvalue weighted by molar-refractivity contribution is -0.133. The number of allylic oxidation sites excluding steroid dienone is 4. The van der Waals surface area contributed by atoms with Crippen molar-refractivity contribution in [3.8, 4) is 0 Å². The molecule has 1 aromatic rings. The van der Waals surface area contributed by atoms with E-state index in [0.717, 1.165) is 24.2 Å². The minimum absolute atomic E-state index is 0.314. The van der Waals surface area contributed by atoms with E-state index in [1.807, 2.05) is 51.1 Å². The molecule has 2 nitrogen and oxygen atoms in total. The summed E-state index contributed by atoms with van der Waals surface area (Å²) in [6.45, 7) is 8.12. The zero-order valence-corrected chi connectivity index (χ0v) is 14.0. The molecule has 0 heterocycles. The van der Waals surface area contributed by atoms with Gasteiger partial charge < -0.3 is 4.74 Å². The van der Waals surface area contributed by atoms with Gasteiger partial charge in [-0.3, -0.25) is 0 Å². The molecule has 0 radical (unpaired) electrons. The molecule has 1 atom stereocenters. The summed E-state index contributed by atoms with van der Waals surface area (Å²) >= 11 is 0. The molecule has 0 amide bonds. The molecule has 1 aliphatic carbocycles. The lowest BCUT2D eigenvalue weighted by Gasteiger charge is -2.05. The van der Waals surface area contributed by atoms with Crippen LogP contribution in [0.5, 0.6) is 0 Å². The molecule has 0 bridgehead atoms. The van der Waals surface area contributed by atoms with Gasteiger partial charge in [-0.25, -0.2) is 4.79 Å². The minimum Gasteiger partial charge on any atom is -0.428 e. The molecule has 0 fully saturated rings. The largest absolute Gasteiger partial charge is 0.428 e. The van der Waals surface area contributed by atoms with Crippen molar-refractivity contribution in [2.45, 2.75) is 40.5 Å². The second-order valence-corrected chi connectivity index (χ2v) is 5.12. The number of hydrogen-bond donors (Lipinski definition) is 0. The van der Waals surface area contributed by atoms with Crippen LogP contribution in [0.1, 0.15) is 44.7 Å². The number of aryl methyl sites for hydroxylation is 1. The van der Waals surface area contributed by atoms with Crippen molar-refractivity contribution in [3.05, 3.63) is 65.5 Å². The van der Waals surface area contributed by atoms with Crippen molar-refractivity contribution in [3.63, 3.8) is 0 Å². The van der Waals surface area contributed by atoms with Gasteiger partial charge in [-0.2, -0.15) is 0 Å². The first kappa shape index (κ1) is 18.0. The van der Waals surface area contributed by atoms with Gasteiger partial charge in [0.25, 0.3) is 0 Å². The Bertz CT molecular complexity index is 548. The third kappa shape index (κ3) is 6.57. The number of carbonyl (C=O) groups is 1. The van der Waals surface area contributed by atoms with Gasteiger partial charge in [0, 0.05) is 12.5 Å². The number of hydrogen-bond acceptors (Lipinski definition) is 2. The van der Waals surface area contributed by atoms with E-state index < -0.39 is 0 Å². The average Bonchev–Trinajstić information content (AvgIpc) is 2.73. The molecule has 118 valence electrons. The van der Waals surface area contributed by atoms with Crippen LogP contribution in [-0.2, 0) is 9.53 Å². The highest BCUT2D eigenvalue weighted by Gasteiger charge is 2.07. The normalized spacial score (nSPS) is 17.3. The Labute approximate surface area is 134 Å². The lowest BCUT2D eigenvalue weighted by Crippen LogP contribution is -2.01. The number of carbonyl (C=O) groups excluding carboxylic acids is 1. The van der Waals surface area contributed by atoms with Gasteiger partial charge in [0.2, 0.25) is 0 Å². The molecule has 0 aliphatic heterocycles. The maximum atomic E-state index is 11.8. The van der Waals surface area contributed by atoms with Crippen LogP contribution < -0.4 is 0 Å². The van der Waals surface area contributed by atoms with Gasteiger partial charge in [0.1, 0.15) is 5.76 Å². The number of ether oxygens (including phenoxy) is 1. The molecule has 2 heteroatoms. The van der Waals surface area contributed by atoms with E-state index >= 15 is 0 Å². The first-order valence-electron chi connectivity index (χ1n) is 7.97. The molecular weight excluding hydrogens is 272 g/mol. The Hall–Kier alpha value is -2.09. The van der Waals surface area contributed by atoms with Crippen LogP contribution >= 0.6 is 0 Å². The first-order valence-corrected chi connectivity index (χ1v) is 7.97. The van der Waals surface area contributed by atoms with Gasteiger partial charge in [-0.05, 0) is 37.0 Å².